The molecule has 16 rings (SSSR count). The third-order valence-corrected chi connectivity index (χ3v) is 17.8. The van der Waals surface area contributed by atoms with Crippen LogP contribution in [0.3, 0.4) is 0 Å². The van der Waals surface area contributed by atoms with Crippen LogP contribution >= 0.6 is 0 Å². The predicted molar refractivity (Wildman–Crippen MR) is 348 cm³/mol. The molecule has 4 heterocycles. The van der Waals surface area contributed by atoms with Crippen molar-refractivity contribution < 1.29 is 4.74 Å². The number of hydrogen-bond donors (Lipinski definition) is 0. The molecule has 84 heavy (non-hydrogen) atoms. The maximum absolute atomic E-state index is 7.36. The quantitative estimate of drug-likeness (QED) is 0.144. The van der Waals surface area contributed by atoms with Crippen molar-refractivity contribution >= 4 is 66.4 Å². The van der Waals surface area contributed by atoms with Gasteiger partial charge in [-0.3, -0.25) is 4.57 Å². The maximum atomic E-state index is 7.36. The van der Waals surface area contributed by atoms with E-state index in [0.717, 1.165) is 90.0 Å². The molecule has 0 saturated carbocycles. The molecule has 0 atom stereocenters. The Bertz CT molecular complexity index is 4770. The van der Waals surface area contributed by atoms with Crippen LogP contribution in [0.15, 0.2) is 273 Å². The van der Waals surface area contributed by atoms with E-state index >= 15 is 0 Å². The largest absolute Gasteiger partial charge is 0.457 e. The normalized spacial score (nSPS) is 13.5. The molecule has 0 bridgehead atoms. The minimum atomic E-state index is -0.510. The number of fused-ring (bicyclic) bond motifs is 10. The molecule has 0 amide bonds. The Morgan fingerprint density at radius 1 is 0.405 bits per heavy atom. The lowest BCUT2D eigenvalue weighted by Crippen LogP contribution is -2.26. The second kappa shape index (κ2) is 19.1. The van der Waals surface area contributed by atoms with Crippen LogP contribution in [0, 0.1) is 0 Å². The van der Waals surface area contributed by atoms with Crippen molar-refractivity contribution in [2.45, 2.75) is 38.5 Å². The standard InChI is InChI=1S/C78H59N5O/c1-77(2,3)53-41-42-79-75(45-53)83-71-36-20-15-31-63(71)64-40-39-57(49-74(64)83)84-58-44-54(78(4)67-32-16-11-27-59(67)60-28-12-17-33-68(60)78)43-55(46-58)80-50-81(73-38-22-21-37-72(73)80)76-65(51-23-7-5-8-24-51)47-56(48-66(76)52-25-9-6-10-26-52)82-69-34-18-13-29-61(69)62-30-14-19-35-70(62)82/h5-49H,50H2,1-4H3. The fraction of sp³-hybridized carbons (Fsp3) is 0.0897. The van der Waals surface area contributed by atoms with Crippen LogP contribution in [0.25, 0.3) is 88.5 Å². The SMILES string of the molecule is CC(C)(C)c1ccnc(-n2c3ccccc3c3ccc(Oc4cc(N5CN(c6c(-c7ccccc7)cc(-n7c8ccccc8c8ccccc87)cc6-c6ccccc6)c6ccccc65)cc(C5(C)c6ccccc6-c6ccccc65)c4)cc32)c1. The van der Waals surface area contributed by atoms with Crippen molar-refractivity contribution in [3.8, 4) is 56.4 Å². The van der Waals surface area contributed by atoms with Crippen molar-refractivity contribution in [2.75, 3.05) is 16.5 Å². The van der Waals surface area contributed by atoms with Crippen LogP contribution in [-0.4, -0.2) is 20.8 Å². The van der Waals surface area contributed by atoms with Gasteiger partial charge in [0.15, 0.2) is 0 Å². The zero-order valence-electron chi connectivity index (χ0n) is 47.3. The highest BCUT2D eigenvalue weighted by Gasteiger charge is 2.42. The number of aromatic nitrogens is 3. The highest BCUT2D eigenvalue weighted by molar-refractivity contribution is 6.11. The minimum absolute atomic E-state index is 0.0509. The van der Waals surface area contributed by atoms with Crippen LogP contribution in [0.5, 0.6) is 11.5 Å². The van der Waals surface area contributed by atoms with E-state index in [1.807, 2.05) is 6.20 Å². The Morgan fingerprint density at radius 2 is 0.917 bits per heavy atom. The van der Waals surface area contributed by atoms with Gasteiger partial charge in [-0.25, -0.2) is 4.98 Å². The Balaban J connectivity index is 0.895. The molecule has 6 heteroatoms. The summed E-state index contributed by atoms with van der Waals surface area (Å²) in [6.45, 7) is 9.69. The first-order valence-corrected chi connectivity index (χ1v) is 29.1. The van der Waals surface area contributed by atoms with Gasteiger partial charge in [0.1, 0.15) is 24.0 Å². The molecule has 0 N–H and O–H groups in total. The summed E-state index contributed by atoms with van der Waals surface area (Å²) in [7, 11) is 0. The second-order valence-electron chi connectivity index (χ2n) is 23.7. The smallest absolute Gasteiger partial charge is 0.137 e. The predicted octanol–water partition coefficient (Wildman–Crippen LogP) is 20.3. The van der Waals surface area contributed by atoms with E-state index in [1.54, 1.807) is 0 Å². The van der Waals surface area contributed by atoms with Gasteiger partial charge in [0.2, 0.25) is 0 Å². The van der Waals surface area contributed by atoms with Crippen molar-refractivity contribution in [1.82, 2.24) is 14.1 Å². The van der Waals surface area contributed by atoms with Crippen LogP contribution in [0.1, 0.15) is 49.9 Å². The first kappa shape index (κ1) is 49.4. The number of benzene rings is 11. The number of para-hydroxylation sites is 5. The maximum Gasteiger partial charge on any atom is 0.137 e. The van der Waals surface area contributed by atoms with Crippen molar-refractivity contribution in [2.24, 2.45) is 0 Å². The molecule has 1 aliphatic carbocycles. The van der Waals surface area contributed by atoms with Crippen molar-refractivity contribution in [3.05, 3.63) is 295 Å². The molecule has 2 aliphatic rings. The minimum Gasteiger partial charge on any atom is -0.457 e. The van der Waals surface area contributed by atoms with E-state index in [1.165, 1.54) is 55.0 Å². The van der Waals surface area contributed by atoms with Gasteiger partial charge in [-0.1, -0.05) is 197 Å². The van der Waals surface area contributed by atoms with Gasteiger partial charge in [0.25, 0.3) is 0 Å². The average molecular weight is 1080 g/mol. The summed E-state index contributed by atoms with van der Waals surface area (Å²) in [5, 5.41) is 4.78. The van der Waals surface area contributed by atoms with Gasteiger partial charge in [-0.05, 0) is 136 Å². The van der Waals surface area contributed by atoms with Gasteiger partial charge in [0.05, 0.1) is 39.1 Å². The second-order valence-corrected chi connectivity index (χ2v) is 23.7. The first-order valence-electron chi connectivity index (χ1n) is 29.1. The number of nitrogens with zero attached hydrogens (tertiary/aromatic N) is 5. The fourth-order valence-corrected chi connectivity index (χ4v) is 13.8. The highest BCUT2D eigenvalue weighted by atomic mass is 16.5. The van der Waals surface area contributed by atoms with Gasteiger partial charge < -0.3 is 19.1 Å². The number of pyridine rings is 1. The Labute approximate surface area is 489 Å². The van der Waals surface area contributed by atoms with Crippen LogP contribution in [0.2, 0.25) is 0 Å². The Kier molecular flexibility index (Phi) is 11.2. The summed E-state index contributed by atoms with van der Waals surface area (Å²) < 4.78 is 12.1. The molecule has 14 aromatic rings. The highest BCUT2D eigenvalue weighted by Crippen LogP contribution is 2.56. The van der Waals surface area contributed by atoms with E-state index in [4.69, 9.17) is 9.72 Å². The lowest BCUT2D eigenvalue weighted by Gasteiger charge is -2.31. The Morgan fingerprint density at radius 3 is 1.51 bits per heavy atom. The molecule has 0 unspecified atom stereocenters. The molecular weight excluding hydrogens is 1020 g/mol. The number of rotatable bonds is 9. The van der Waals surface area contributed by atoms with Crippen LogP contribution < -0.4 is 14.5 Å². The molecule has 0 radical (unpaired) electrons. The summed E-state index contributed by atoms with van der Waals surface area (Å²) in [4.78, 5) is 10.0. The van der Waals surface area contributed by atoms with Gasteiger partial charge >= 0.3 is 0 Å². The molecule has 1 aliphatic heterocycles. The Hall–Kier alpha value is -10.4. The lowest BCUT2D eigenvalue weighted by atomic mass is 9.74. The molecule has 402 valence electrons. The van der Waals surface area contributed by atoms with Gasteiger partial charge in [0, 0.05) is 67.8 Å². The molecule has 0 fully saturated rings. The fourth-order valence-electron chi connectivity index (χ4n) is 13.8. The van der Waals surface area contributed by atoms with Crippen molar-refractivity contribution in [3.63, 3.8) is 0 Å². The van der Waals surface area contributed by atoms with E-state index in [9.17, 15) is 0 Å². The summed E-state index contributed by atoms with van der Waals surface area (Å²) in [5.41, 5.74) is 21.4. The van der Waals surface area contributed by atoms with Crippen LogP contribution in [-0.2, 0) is 10.8 Å². The number of ether oxygens (including phenoxy) is 1. The first-order chi connectivity index (χ1) is 41.2. The summed E-state index contributed by atoms with van der Waals surface area (Å²) >= 11 is 0. The van der Waals surface area contributed by atoms with Crippen LogP contribution in [0.4, 0.5) is 22.7 Å². The third kappa shape index (κ3) is 7.74. The van der Waals surface area contributed by atoms with E-state index in [2.05, 4.69) is 314 Å². The molecular formula is C78H59N5O. The molecule has 6 nitrogen and oxygen atoms in total. The zero-order chi connectivity index (χ0) is 56.3. The lowest BCUT2D eigenvalue weighted by molar-refractivity contribution is 0.481. The average Bonchev–Trinajstić information content (AvgIpc) is 1.88. The molecule has 3 aromatic heterocycles. The number of anilines is 4. The monoisotopic (exact) mass is 1080 g/mol. The summed E-state index contributed by atoms with van der Waals surface area (Å²) in [6, 6.07) is 97.5. The summed E-state index contributed by atoms with van der Waals surface area (Å²) in [6.07, 6.45) is 1.94. The third-order valence-electron chi connectivity index (χ3n) is 17.8. The van der Waals surface area contributed by atoms with E-state index in [0.29, 0.717) is 6.67 Å². The van der Waals surface area contributed by atoms with Gasteiger partial charge in [-0.2, -0.15) is 0 Å². The van der Waals surface area contributed by atoms with E-state index in [-0.39, 0.29) is 5.41 Å². The van der Waals surface area contributed by atoms with Crippen molar-refractivity contribution in [1.29, 1.82) is 0 Å². The molecule has 11 aromatic carbocycles. The summed E-state index contributed by atoms with van der Waals surface area (Å²) in [5.74, 6) is 2.37. The topological polar surface area (TPSA) is 38.5 Å². The van der Waals surface area contributed by atoms with E-state index < -0.39 is 5.41 Å². The molecule has 0 saturated heterocycles. The molecule has 0 spiro atoms. The number of hydrogen-bond acceptors (Lipinski definition) is 4. The van der Waals surface area contributed by atoms with Gasteiger partial charge in [-0.15, -0.1) is 0 Å². The zero-order valence-corrected chi connectivity index (χ0v) is 47.3.